The molecule has 0 aliphatic rings. The maximum Gasteiger partial charge on any atom is 0.176 e. The number of fused-ring (bicyclic) bond motifs is 1. The Balaban J connectivity index is 1.94. The van der Waals surface area contributed by atoms with Crippen molar-refractivity contribution in [1.82, 2.24) is 4.98 Å². The summed E-state index contributed by atoms with van der Waals surface area (Å²) in [7, 11) is 0. The maximum atomic E-state index is 9.54. The molecule has 0 fully saturated rings. The summed E-state index contributed by atoms with van der Waals surface area (Å²) in [6, 6.07) is 14.8. The monoisotopic (exact) mass is 297 g/mol. The van der Waals surface area contributed by atoms with Crippen molar-refractivity contribution in [1.29, 1.82) is 0 Å². The number of aromatic nitrogens is 1. The minimum atomic E-state index is -0.308. The van der Waals surface area contributed by atoms with Gasteiger partial charge in [-0.1, -0.05) is 41.9 Å². The third-order valence-corrected chi connectivity index (χ3v) is 3.42. The van der Waals surface area contributed by atoms with Gasteiger partial charge in [0.2, 0.25) is 0 Å². The first-order chi connectivity index (χ1) is 10.1. The largest absolute Gasteiger partial charge is 0.504 e. The number of benzene rings is 2. The summed E-state index contributed by atoms with van der Waals surface area (Å²) in [4.78, 5) is 4.52. The molecule has 0 saturated heterocycles. The van der Waals surface area contributed by atoms with E-state index in [1.54, 1.807) is 12.1 Å². The number of para-hydroxylation sites is 1. The van der Waals surface area contributed by atoms with E-state index in [2.05, 4.69) is 4.98 Å². The molecule has 0 unspecified atom stereocenters. The molecule has 4 heteroatoms. The zero-order chi connectivity index (χ0) is 14.8. The first-order valence-corrected chi connectivity index (χ1v) is 6.76. The number of aromatic hydroxyl groups is 2. The van der Waals surface area contributed by atoms with Gasteiger partial charge in [0, 0.05) is 5.39 Å². The second-order valence-electron chi connectivity index (χ2n) is 4.63. The van der Waals surface area contributed by atoms with E-state index in [0.717, 1.165) is 16.6 Å². The number of halogens is 1. The van der Waals surface area contributed by atoms with Crippen molar-refractivity contribution in [3.05, 3.63) is 64.8 Å². The molecule has 21 heavy (non-hydrogen) atoms. The highest BCUT2D eigenvalue weighted by Gasteiger charge is 2.05. The highest BCUT2D eigenvalue weighted by molar-refractivity contribution is 6.32. The molecule has 0 atom stereocenters. The van der Waals surface area contributed by atoms with Gasteiger partial charge in [0.15, 0.2) is 11.5 Å². The van der Waals surface area contributed by atoms with Crippen LogP contribution in [0.2, 0.25) is 5.02 Å². The van der Waals surface area contributed by atoms with Crippen LogP contribution >= 0.6 is 11.6 Å². The number of rotatable bonds is 2. The number of phenols is 2. The van der Waals surface area contributed by atoms with E-state index in [1.807, 2.05) is 42.5 Å². The average molecular weight is 298 g/mol. The Morgan fingerprint density at radius 1 is 0.952 bits per heavy atom. The lowest BCUT2D eigenvalue weighted by Gasteiger charge is -2.02. The number of nitrogens with zero attached hydrogens (tertiary/aromatic N) is 1. The molecular formula is C17H12ClNO2. The molecular weight excluding hydrogens is 286 g/mol. The van der Waals surface area contributed by atoms with Crippen molar-refractivity contribution in [2.45, 2.75) is 0 Å². The Kier molecular flexibility index (Phi) is 3.50. The molecule has 0 aliphatic heterocycles. The number of hydrogen-bond donors (Lipinski definition) is 2. The van der Waals surface area contributed by atoms with E-state index in [4.69, 9.17) is 11.6 Å². The molecule has 3 nitrogen and oxygen atoms in total. The number of pyridine rings is 1. The molecule has 0 bridgehead atoms. The second-order valence-corrected chi connectivity index (χ2v) is 5.04. The van der Waals surface area contributed by atoms with E-state index in [1.165, 1.54) is 6.07 Å². The summed E-state index contributed by atoms with van der Waals surface area (Å²) < 4.78 is 0. The predicted molar refractivity (Wildman–Crippen MR) is 85.5 cm³/mol. The lowest BCUT2D eigenvalue weighted by Crippen LogP contribution is -1.82. The molecule has 0 amide bonds. The van der Waals surface area contributed by atoms with Gasteiger partial charge in [-0.3, -0.25) is 0 Å². The van der Waals surface area contributed by atoms with Crippen molar-refractivity contribution in [2.24, 2.45) is 0 Å². The van der Waals surface area contributed by atoms with Crippen LogP contribution < -0.4 is 0 Å². The first-order valence-electron chi connectivity index (χ1n) is 6.39. The molecule has 3 rings (SSSR count). The summed E-state index contributed by atoms with van der Waals surface area (Å²) in [6.45, 7) is 0. The molecule has 0 saturated carbocycles. The van der Waals surface area contributed by atoms with Gasteiger partial charge in [-0.05, 0) is 35.9 Å². The topological polar surface area (TPSA) is 53.4 Å². The predicted octanol–water partition coefficient (Wildman–Crippen LogP) is 4.47. The highest BCUT2D eigenvalue weighted by atomic mass is 35.5. The zero-order valence-electron chi connectivity index (χ0n) is 11.0. The molecule has 104 valence electrons. The van der Waals surface area contributed by atoms with Crippen molar-refractivity contribution < 1.29 is 10.2 Å². The molecule has 2 N–H and O–H groups in total. The van der Waals surface area contributed by atoms with E-state index in [9.17, 15) is 10.2 Å². The van der Waals surface area contributed by atoms with Gasteiger partial charge < -0.3 is 10.2 Å². The Morgan fingerprint density at radius 2 is 1.76 bits per heavy atom. The number of phenolic OH excluding ortho intramolecular Hbond substituents is 2. The Hall–Kier alpha value is -2.52. The van der Waals surface area contributed by atoms with Gasteiger partial charge >= 0.3 is 0 Å². The summed E-state index contributed by atoms with van der Waals surface area (Å²) in [6.07, 6.45) is 3.61. The van der Waals surface area contributed by atoms with Crippen LogP contribution in [0.15, 0.2) is 48.5 Å². The Morgan fingerprint density at radius 3 is 2.57 bits per heavy atom. The van der Waals surface area contributed by atoms with Crippen molar-refractivity contribution >= 4 is 34.7 Å². The molecule has 0 radical (unpaired) electrons. The molecule has 0 spiro atoms. The fourth-order valence-corrected chi connectivity index (χ4v) is 2.28. The van der Waals surface area contributed by atoms with E-state index < -0.39 is 0 Å². The van der Waals surface area contributed by atoms with Crippen LogP contribution in [-0.4, -0.2) is 15.2 Å². The minimum Gasteiger partial charge on any atom is -0.504 e. The summed E-state index contributed by atoms with van der Waals surface area (Å²) in [5.74, 6) is -0.550. The summed E-state index contributed by atoms with van der Waals surface area (Å²) in [5, 5.41) is 20.1. The van der Waals surface area contributed by atoms with Gasteiger partial charge in [-0.2, -0.15) is 0 Å². The van der Waals surface area contributed by atoms with E-state index in [0.29, 0.717) is 5.56 Å². The maximum absolute atomic E-state index is 9.54. The summed E-state index contributed by atoms with van der Waals surface area (Å²) >= 11 is 5.82. The first kappa shape index (κ1) is 13.5. The van der Waals surface area contributed by atoms with Crippen molar-refractivity contribution in [3.8, 4) is 11.5 Å². The molecule has 1 heterocycles. The SMILES string of the molecule is Oc1cc(/C=C/c2ccc3ccccc3n2)cc(Cl)c1O. The van der Waals surface area contributed by atoms with Gasteiger partial charge in [0.1, 0.15) is 0 Å². The standard InChI is InChI=1S/C17H12ClNO2/c18-14-9-11(10-16(20)17(14)21)5-7-13-8-6-12-3-1-2-4-15(12)19-13/h1-10,20-21H/b7-5+. The van der Waals surface area contributed by atoms with Gasteiger partial charge in [-0.25, -0.2) is 4.98 Å². The number of hydrogen-bond acceptors (Lipinski definition) is 3. The molecule has 2 aromatic carbocycles. The van der Waals surface area contributed by atoms with E-state index >= 15 is 0 Å². The lowest BCUT2D eigenvalue weighted by atomic mass is 10.1. The fourth-order valence-electron chi connectivity index (χ4n) is 2.06. The zero-order valence-corrected chi connectivity index (χ0v) is 11.7. The third-order valence-electron chi connectivity index (χ3n) is 3.13. The van der Waals surface area contributed by atoms with Crippen LogP contribution in [0.5, 0.6) is 11.5 Å². The van der Waals surface area contributed by atoms with E-state index in [-0.39, 0.29) is 16.5 Å². The van der Waals surface area contributed by atoms with Crippen LogP contribution in [0.4, 0.5) is 0 Å². The summed E-state index contributed by atoms with van der Waals surface area (Å²) in [5.41, 5.74) is 2.41. The lowest BCUT2D eigenvalue weighted by molar-refractivity contribution is 0.404. The average Bonchev–Trinajstić information content (AvgIpc) is 2.50. The molecule has 1 aromatic heterocycles. The van der Waals surface area contributed by atoms with Crippen LogP contribution in [-0.2, 0) is 0 Å². The van der Waals surface area contributed by atoms with Crippen molar-refractivity contribution in [2.75, 3.05) is 0 Å². The minimum absolute atomic E-state index is 0.112. The van der Waals surface area contributed by atoms with Gasteiger partial charge in [-0.15, -0.1) is 0 Å². The van der Waals surface area contributed by atoms with Gasteiger partial charge in [0.05, 0.1) is 16.2 Å². The van der Waals surface area contributed by atoms with Crippen LogP contribution in [0, 0.1) is 0 Å². The van der Waals surface area contributed by atoms with Crippen LogP contribution in [0.25, 0.3) is 23.1 Å². The quantitative estimate of drug-likeness (QED) is 0.686. The highest BCUT2D eigenvalue weighted by Crippen LogP contribution is 2.34. The van der Waals surface area contributed by atoms with Gasteiger partial charge in [0.25, 0.3) is 0 Å². The van der Waals surface area contributed by atoms with Crippen LogP contribution in [0.3, 0.4) is 0 Å². The molecule has 3 aromatic rings. The Labute approximate surface area is 126 Å². The van der Waals surface area contributed by atoms with Crippen LogP contribution in [0.1, 0.15) is 11.3 Å². The third kappa shape index (κ3) is 2.83. The second kappa shape index (κ2) is 5.46. The fraction of sp³-hybridized carbons (Fsp3) is 0. The molecule has 0 aliphatic carbocycles. The normalized spacial score (nSPS) is 11.3. The Bertz CT molecular complexity index is 820. The smallest absolute Gasteiger partial charge is 0.176 e. The van der Waals surface area contributed by atoms with Crippen molar-refractivity contribution in [3.63, 3.8) is 0 Å².